The Kier molecular flexibility index (Phi) is 5.11. The third-order valence-electron chi connectivity index (χ3n) is 2.60. The molecule has 2 aromatic carbocycles. The van der Waals surface area contributed by atoms with Crippen molar-refractivity contribution in [1.29, 1.82) is 0 Å². The predicted octanol–water partition coefficient (Wildman–Crippen LogP) is 4.42. The lowest BCUT2D eigenvalue weighted by atomic mass is 10.3. The SMILES string of the molecule is CC(C)Oc1ccccc1NC(=S)Nc1ccc(F)cc1. The van der Waals surface area contributed by atoms with Gasteiger partial charge in [0.1, 0.15) is 11.6 Å². The van der Waals surface area contributed by atoms with Gasteiger partial charge in [0.2, 0.25) is 0 Å². The van der Waals surface area contributed by atoms with Crippen LogP contribution >= 0.6 is 12.2 Å². The highest BCUT2D eigenvalue weighted by atomic mass is 32.1. The summed E-state index contributed by atoms with van der Waals surface area (Å²) in [7, 11) is 0. The van der Waals surface area contributed by atoms with E-state index in [0.29, 0.717) is 5.11 Å². The van der Waals surface area contributed by atoms with Crippen LogP contribution in [0.3, 0.4) is 0 Å². The van der Waals surface area contributed by atoms with Crippen molar-refractivity contribution in [2.75, 3.05) is 10.6 Å². The van der Waals surface area contributed by atoms with Gasteiger partial charge in [-0.25, -0.2) is 4.39 Å². The molecule has 21 heavy (non-hydrogen) atoms. The summed E-state index contributed by atoms with van der Waals surface area (Å²) in [5, 5.41) is 6.49. The van der Waals surface area contributed by atoms with E-state index in [1.165, 1.54) is 12.1 Å². The first-order valence-electron chi connectivity index (χ1n) is 6.64. The fourth-order valence-electron chi connectivity index (χ4n) is 1.74. The van der Waals surface area contributed by atoms with E-state index in [1.807, 2.05) is 38.1 Å². The zero-order valence-corrected chi connectivity index (χ0v) is 12.7. The number of hydrogen-bond acceptors (Lipinski definition) is 2. The van der Waals surface area contributed by atoms with Gasteiger partial charge in [0.05, 0.1) is 11.8 Å². The zero-order valence-electron chi connectivity index (χ0n) is 11.9. The van der Waals surface area contributed by atoms with Crippen LogP contribution in [-0.4, -0.2) is 11.2 Å². The molecule has 0 atom stereocenters. The van der Waals surface area contributed by atoms with E-state index >= 15 is 0 Å². The van der Waals surface area contributed by atoms with Crippen LogP contribution in [0, 0.1) is 5.82 Å². The fourth-order valence-corrected chi connectivity index (χ4v) is 1.97. The second-order valence-corrected chi connectivity index (χ2v) is 5.16. The minimum Gasteiger partial charge on any atom is -0.489 e. The first-order chi connectivity index (χ1) is 10.0. The first kappa shape index (κ1) is 15.3. The topological polar surface area (TPSA) is 33.3 Å². The molecule has 0 saturated heterocycles. The third kappa shape index (κ3) is 4.72. The molecule has 0 amide bonds. The fraction of sp³-hybridized carbons (Fsp3) is 0.188. The van der Waals surface area contributed by atoms with Gasteiger partial charge < -0.3 is 15.4 Å². The first-order valence-corrected chi connectivity index (χ1v) is 7.04. The number of ether oxygens (including phenoxy) is 1. The Labute approximate surface area is 129 Å². The van der Waals surface area contributed by atoms with Crippen LogP contribution in [0.2, 0.25) is 0 Å². The maximum atomic E-state index is 12.9. The maximum Gasteiger partial charge on any atom is 0.175 e. The molecule has 0 aliphatic heterocycles. The molecule has 5 heteroatoms. The molecule has 0 aliphatic carbocycles. The highest BCUT2D eigenvalue weighted by Gasteiger charge is 2.06. The zero-order chi connectivity index (χ0) is 15.2. The van der Waals surface area contributed by atoms with Gasteiger partial charge in [-0.05, 0) is 62.5 Å². The molecule has 2 aromatic rings. The molecule has 2 N–H and O–H groups in total. The van der Waals surface area contributed by atoms with Crippen molar-refractivity contribution in [2.45, 2.75) is 20.0 Å². The number of hydrogen-bond donors (Lipinski definition) is 2. The van der Waals surface area contributed by atoms with Crippen molar-refractivity contribution >= 4 is 28.7 Å². The van der Waals surface area contributed by atoms with Crippen molar-refractivity contribution in [2.24, 2.45) is 0 Å². The predicted molar refractivity (Wildman–Crippen MR) is 88.4 cm³/mol. The van der Waals surface area contributed by atoms with Crippen LogP contribution in [0.25, 0.3) is 0 Å². The molecule has 110 valence electrons. The summed E-state index contributed by atoms with van der Waals surface area (Å²) in [6, 6.07) is 13.6. The molecule has 3 nitrogen and oxygen atoms in total. The normalized spacial score (nSPS) is 10.3. The van der Waals surface area contributed by atoms with Gasteiger partial charge in [-0.15, -0.1) is 0 Å². The average molecular weight is 304 g/mol. The number of benzene rings is 2. The van der Waals surface area contributed by atoms with Gasteiger partial charge >= 0.3 is 0 Å². The van der Waals surface area contributed by atoms with E-state index in [-0.39, 0.29) is 11.9 Å². The lowest BCUT2D eigenvalue weighted by molar-refractivity contribution is 0.244. The number of para-hydroxylation sites is 2. The van der Waals surface area contributed by atoms with Crippen molar-refractivity contribution in [3.63, 3.8) is 0 Å². The molecule has 0 bridgehead atoms. The van der Waals surface area contributed by atoms with Gasteiger partial charge in [-0.1, -0.05) is 12.1 Å². The summed E-state index contributed by atoms with van der Waals surface area (Å²) >= 11 is 5.25. The summed E-state index contributed by atoms with van der Waals surface area (Å²) in [5.41, 5.74) is 1.50. The van der Waals surface area contributed by atoms with Crippen molar-refractivity contribution < 1.29 is 9.13 Å². The van der Waals surface area contributed by atoms with Crippen LogP contribution in [-0.2, 0) is 0 Å². The number of halogens is 1. The summed E-state index contributed by atoms with van der Waals surface area (Å²) in [6.45, 7) is 3.93. The van der Waals surface area contributed by atoms with E-state index in [0.717, 1.165) is 17.1 Å². The Bertz CT molecular complexity index is 614. The molecule has 0 radical (unpaired) electrons. The number of thiocarbonyl (C=S) groups is 1. The van der Waals surface area contributed by atoms with E-state index < -0.39 is 0 Å². The summed E-state index contributed by atoms with van der Waals surface area (Å²) in [4.78, 5) is 0. The molecule has 2 rings (SSSR count). The van der Waals surface area contributed by atoms with Crippen LogP contribution in [0.1, 0.15) is 13.8 Å². The highest BCUT2D eigenvalue weighted by Crippen LogP contribution is 2.25. The summed E-state index contributed by atoms with van der Waals surface area (Å²) in [5.74, 6) is 0.450. The highest BCUT2D eigenvalue weighted by molar-refractivity contribution is 7.80. The van der Waals surface area contributed by atoms with Gasteiger partial charge in [0.25, 0.3) is 0 Å². The average Bonchev–Trinajstić information content (AvgIpc) is 2.43. The largest absolute Gasteiger partial charge is 0.489 e. The molecule has 0 aliphatic rings. The van der Waals surface area contributed by atoms with Crippen LogP contribution < -0.4 is 15.4 Å². The molecular formula is C16H17FN2OS. The molecule has 0 unspecified atom stereocenters. The van der Waals surface area contributed by atoms with Crippen molar-refractivity contribution in [1.82, 2.24) is 0 Å². The Morgan fingerprint density at radius 2 is 1.71 bits per heavy atom. The number of anilines is 2. The van der Waals surface area contributed by atoms with Gasteiger partial charge in [0, 0.05) is 5.69 Å². The lowest BCUT2D eigenvalue weighted by Crippen LogP contribution is -2.20. The molecule has 0 spiro atoms. The quantitative estimate of drug-likeness (QED) is 0.819. The minimum atomic E-state index is -0.282. The van der Waals surface area contributed by atoms with E-state index in [2.05, 4.69) is 10.6 Å². The number of rotatable bonds is 4. The molecular weight excluding hydrogens is 287 g/mol. The van der Waals surface area contributed by atoms with E-state index in [1.54, 1.807) is 12.1 Å². The summed E-state index contributed by atoms with van der Waals surface area (Å²) in [6.07, 6.45) is 0.0755. The smallest absolute Gasteiger partial charge is 0.175 e. The van der Waals surface area contributed by atoms with Gasteiger partial charge in [-0.2, -0.15) is 0 Å². The Hall–Kier alpha value is -2.14. The Morgan fingerprint density at radius 1 is 1.05 bits per heavy atom. The third-order valence-corrected chi connectivity index (χ3v) is 2.80. The molecule has 0 fully saturated rings. The van der Waals surface area contributed by atoms with Crippen LogP contribution in [0.4, 0.5) is 15.8 Å². The number of nitrogens with one attached hydrogen (secondary N) is 2. The molecule has 0 aromatic heterocycles. The maximum absolute atomic E-state index is 12.9. The van der Waals surface area contributed by atoms with E-state index in [9.17, 15) is 4.39 Å². The Balaban J connectivity index is 2.04. The lowest BCUT2D eigenvalue weighted by Gasteiger charge is -2.16. The molecule has 0 saturated carbocycles. The Morgan fingerprint density at radius 3 is 2.38 bits per heavy atom. The van der Waals surface area contributed by atoms with Gasteiger partial charge in [0.15, 0.2) is 5.11 Å². The monoisotopic (exact) mass is 304 g/mol. The van der Waals surface area contributed by atoms with Crippen molar-refractivity contribution in [3.05, 3.63) is 54.3 Å². The minimum absolute atomic E-state index is 0.0755. The second kappa shape index (κ2) is 7.04. The van der Waals surface area contributed by atoms with Crippen LogP contribution in [0.15, 0.2) is 48.5 Å². The standard InChI is InChI=1S/C16H17FN2OS/c1-11(2)20-15-6-4-3-5-14(15)19-16(21)18-13-9-7-12(17)8-10-13/h3-11H,1-2H3,(H2,18,19,21). The van der Waals surface area contributed by atoms with Crippen molar-refractivity contribution in [3.8, 4) is 5.75 Å². The second-order valence-electron chi connectivity index (χ2n) is 4.75. The molecule has 0 heterocycles. The van der Waals surface area contributed by atoms with Gasteiger partial charge in [-0.3, -0.25) is 0 Å². The summed E-state index contributed by atoms with van der Waals surface area (Å²) < 4.78 is 18.6. The van der Waals surface area contributed by atoms with Crippen LogP contribution in [0.5, 0.6) is 5.75 Å². The van der Waals surface area contributed by atoms with E-state index in [4.69, 9.17) is 17.0 Å².